The van der Waals surface area contributed by atoms with Gasteiger partial charge in [0.1, 0.15) is 0 Å². The molecule has 9 saturated carbocycles. The highest BCUT2D eigenvalue weighted by molar-refractivity contribution is 5.18. The van der Waals surface area contributed by atoms with E-state index in [1.54, 1.807) is 0 Å². The second kappa shape index (κ2) is 16.3. The normalized spacial score (nSPS) is 50.7. The molecule has 16 atom stereocenters. The third kappa shape index (κ3) is 6.71. The van der Waals surface area contributed by atoms with Gasteiger partial charge in [0.15, 0.2) is 0 Å². The van der Waals surface area contributed by atoms with Crippen molar-refractivity contribution in [1.29, 1.82) is 5.26 Å². The zero-order valence-corrected chi connectivity index (χ0v) is 35.8. The van der Waals surface area contributed by atoms with Gasteiger partial charge in [0, 0.05) is 54.0 Å². The Hall–Kier alpha value is -0.880. The zero-order valence-electron chi connectivity index (χ0n) is 35.8. The van der Waals surface area contributed by atoms with Crippen molar-refractivity contribution in [3.8, 4) is 6.07 Å². The second-order valence-corrected chi connectivity index (χ2v) is 22.9. The molecule has 11 rings (SSSR count). The molecule has 11 fully saturated rings. The molecule has 0 aromatic carbocycles. The molecule has 0 amide bonds. The highest BCUT2D eigenvalue weighted by atomic mass is 19.4. The summed E-state index contributed by atoms with van der Waals surface area (Å²) in [5, 5.41) is 19.5. The number of fused-ring (bicyclic) bond motifs is 12. The molecule has 0 spiro atoms. The molecule has 2 aliphatic heterocycles. The SMILES string of the molecule is N#CC1CC(C2NC3C4CCCCC4C4CCCCC4C3N2C2CCCCC2)C(C(F)(F)F)C(C2NC3C4CCCCC4C4CCCCC4C3N2C2CCCCC2)C1. The van der Waals surface area contributed by atoms with Crippen molar-refractivity contribution in [1.82, 2.24) is 20.4 Å². The summed E-state index contributed by atoms with van der Waals surface area (Å²) in [5.41, 5.74) is 0. The van der Waals surface area contributed by atoms with E-state index in [0.717, 1.165) is 49.4 Å². The van der Waals surface area contributed by atoms with E-state index in [4.69, 9.17) is 0 Å². The lowest BCUT2D eigenvalue weighted by Gasteiger charge is -2.56. The van der Waals surface area contributed by atoms with Crippen LogP contribution in [0.15, 0.2) is 0 Å². The van der Waals surface area contributed by atoms with Gasteiger partial charge < -0.3 is 0 Å². The van der Waals surface area contributed by atoms with Gasteiger partial charge in [-0.25, -0.2) is 0 Å². The molecule has 9 aliphatic carbocycles. The fourth-order valence-electron chi connectivity index (χ4n) is 18.8. The van der Waals surface area contributed by atoms with Crippen LogP contribution in [-0.4, -0.2) is 64.6 Å². The molecule has 2 saturated heterocycles. The highest BCUT2D eigenvalue weighted by Crippen LogP contribution is 2.61. The number of nitrogens with one attached hydrogen (secondary N) is 2. The highest BCUT2D eigenvalue weighted by Gasteiger charge is 2.67. The van der Waals surface area contributed by atoms with Crippen LogP contribution in [0.4, 0.5) is 13.2 Å². The first-order chi connectivity index (χ1) is 28.4. The third-order valence-electron chi connectivity index (χ3n) is 20.6. The van der Waals surface area contributed by atoms with E-state index in [1.165, 1.54) is 141 Å². The van der Waals surface area contributed by atoms with Crippen molar-refractivity contribution in [3.63, 3.8) is 0 Å². The Morgan fingerprint density at radius 2 is 0.741 bits per heavy atom. The number of hydrogen-bond acceptors (Lipinski definition) is 5. The van der Waals surface area contributed by atoms with Crippen LogP contribution in [-0.2, 0) is 0 Å². The Kier molecular flexibility index (Phi) is 11.3. The minimum Gasteiger partial charge on any atom is -0.297 e. The van der Waals surface area contributed by atoms with E-state index in [9.17, 15) is 5.26 Å². The minimum atomic E-state index is -4.31. The molecular weight excluding hydrogens is 728 g/mol. The van der Waals surface area contributed by atoms with E-state index in [-0.39, 0.29) is 18.2 Å². The van der Waals surface area contributed by atoms with Crippen molar-refractivity contribution < 1.29 is 13.2 Å². The molecule has 2 heterocycles. The third-order valence-corrected chi connectivity index (χ3v) is 20.6. The maximum absolute atomic E-state index is 16.8. The van der Waals surface area contributed by atoms with Crippen LogP contribution in [0.3, 0.4) is 0 Å². The first kappa shape index (κ1) is 39.9. The van der Waals surface area contributed by atoms with Crippen molar-refractivity contribution in [2.45, 2.75) is 235 Å². The molecule has 11 aliphatic rings. The minimum absolute atomic E-state index is 0.274. The summed E-state index contributed by atoms with van der Waals surface area (Å²) >= 11 is 0. The monoisotopic (exact) mass is 806 g/mol. The molecule has 5 nitrogen and oxygen atoms in total. The summed E-state index contributed by atoms with van der Waals surface area (Å²) in [6, 6.07) is 4.81. The van der Waals surface area contributed by atoms with Crippen LogP contribution in [0.5, 0.6) is 0 Å². The molecule has 0 bridgehead atoms. The fourth-order valence-corrected chi connectivity index (χ4v) is 18.8. The Morgan fingerprint density at radius 1 is 0.414 bits per heavy atom. The van der Waals surface area contributed by atoms with Crippen molar-refractivity contribution in [2.24, 2.45) is 71.0 Å². The number of nitriles is 1. The molecule has 8 heteroatoms. The van der Waals surface area contributed by atoms with Gasteiger partial charge in [-0.15, -0.1) is 0 Å². The Bertz CT molecular complexity index is 1380. The van der Waals surface area contributed by atoms with Crippen molar-refractivity contribution >= 4 is 0 Å². The van der Waals surface area contributed by atoms with Gasteiger partial charge in [0.2, 0.25) is 0 Å². The maximum Gasteiger partial charge on any atom is 0.392 e. The van der Waals surface area contributed by atoms with Gasteiger partial charge in [-0.3, -0.25) is 20.4 Å². The quantitative estimate of drug-likeness (QED) is 0.296. The van der Waals surface area contributed by atoms with Gasteiger partial charge in [0.25, 0.3) is 0 Å². The zero-order chi connectivity index (χ0) is 39.1. The van der Waals surface area contributed by atoms with E-state index in [1.807, 2.05) is 0 Å². The van der Waals surface area contributed by atoms with E-state index in [2.05, 4.69) is 26.5 Å². The lowest BCUT2D eigenvalue weighted by atomic mass is 9.54. The first-order valence-electron chi connectivity index (χ1n) is 25.9. The van der Waals surface area contributed by atoms with E-state index >= 15 is 13.2 Å². The van der Waals surface area contributed by atoms with Crippen LogP contribution < -0.4 is 10.6 Å². The number of hydrogen-bond donors (Lipinski definition) is 2. The smallest absolute Gasteiger partial charge is 0.297 e. The summed E-state index contributed by atoms with van der Waals surface area (Å²) in [4.78, 5) is 5.63. The van der Waals surface area contributed by atoms with Crippen LogP contribution in [0, 0.1) is 82.3 Å². The number of alkyl halides is 3. The molecule has 2 N–H and O–H groups in total. The number of nitrogens with zero attached hydrogens (tertiary/aromatic N) is 3. The fraction of sp³-hybridized carbons (Fsp3) is 0.980. The Balaban J connectivity index is 1.00. The van der Waals surface area contributed by atoms with Crippen LogP contribution in [0.25, 0.3) is 0 Å². The second-order valence-electron chi connectivity index (χ2n) is 22.9. The van der Waals surface area contributed by atoms with Gasteiger partial charge in [-0.2, -0.15) is 18.4 Å². The molecule has 58 heavy (non-hydrogen) atoms. The summed E-state index contributed by atoms with van der Waals surface area (Å²) in [5.74, 6) is 2.52. The predicted octanol–water partition coefficient (Wildman–Crippen LogP) is 11.2. The topological polar surface area (TPSA) is 54.3 Å². The Morgan fingerprint density at radius 3 is 1.10 bits per heavy atom. The molecule has 0 aromatic heterocycles. The number of halogens is 3. The maximum atomic E-state index is 16.8. The number of rotatable bonds is 4. The van der Waals surface area contributed by atoms with Crippen LogP contribution >= 0.6 is 0 Å². The van der Waals surface area contributed by atoms with Gasteiger partial charge in [0.05, 0.1) is 24.3 Å². The van der Waals surface area contributed by atoms with Crippen molar-refractivity contribution in [3.05, 3.63) is 0 Å². The summed E-state index contributed by atoms with van der Waals surface area (Å²) in [6.07, 6.45) is 28.6. The van der Waals surface area contributed by atoms with Gasteiger partial charge in [-0.05, 0) is 137 Å². The predicted molar refractivity (Wildman–Crippen MR) is 223 cm³/mol. The molecule has 324 valence electrons. The molecular formula is C50H78F3N5. The van der Waals surface area contributed by atoms with Crippen LogP contribution in [0.2, 0.25) is 0 Å². The summed E-state index contributed by atoms with van der Waals surface area (Å²) in [6.45, 7) is 0. The summed E-state index contributed by atoms with van der Waals surface area (Å²) < 4.78 is 50.3. The van der Waals surface area contributed by atoms with Crippen molar-refractivity contribution in [2.75, 3.05) is 0 Å². The van der Waals surface area contributed by atoms with E-state index in [0.29, 0.717) is 72.8 Å². The van der Waals surface area contributed by atoms with Gasteiger partial charge in [-0.1, -0.05) is 89.9 Å². The van der Waals surface area contributed by atoms with Gasteiger partial charge >= 0.3 is 6.18 Å². The lowest BCUT2D eigenvalue weighted by molar-refractivity contribution is -0.231. The summed E-state index contributed by atoms with van der Waals surface area (Å²) in [7, 11) is 0. The largest absolute Gasteiger partial charge is 0.392 e. The van der Waals surface area contributed by atoms with E-state index < -0.39 is 23.9 Å². The Labute approximate surface area is 349 Å². The molecule has 0 aromatic rings. The molecule has 0 radical (unpaired) electrons. The molecule has 16 unspecified atom stereocenters. The average Bonchev–Trinajstić information content (AvgIpc) is 3.88. The van der Waals surface area contributed by atoms with Crippen LogP contribution in [0.1, 0.15) is 180 Å². The lowest BCUT2D eigenvalue weighted by Crippen LogP contribution is -2.62. The first-order valence-corrected chi connectivity index (χ1v) is 25.9. The average molecular weight is 806 g/mol. The standard InChI is InChI=1S/C50H78F3N5/c51-50(52,53)43-41(48-55-44-37-23-11-7-19-33(37)35-21-9-13-25-39(35)46(44)57(48)31-15-3-1-4-16-31)27-30(29-54)28-42(43)49-56-45-38-24-12-8-20-34(38)36-22-10-14-26-40(36)47(45)58(49)32-17-5-2-6-18-32/h30-49,55-56H,1-28H2.